The summed E-state index contributed by atoms with van der Waals surface area (Å²) >= 11 is 1.47. The second-order valence-corrected chi connectivity index (χ2v) is 11.8. The Hall–Kier alpha value is -3.16. The fraction of sp³-hybridized carbons (Fsp3) is 0.536. The highest BCUT2D eigenvalue weighted by atomic mass is 32.1. The first-order valence-electron chi connectivity index (χ1n) is 12.9. The molecule has 8 nitrogen and oxygen atoms in total. The van der Waals surface area contributed by atoms with Crippen LogP contribution < -0.4 is 5.32 Å². The molecule has 10 heteroatoms. The molecule has 1 atom stereocenters. The van der Waals surface area contributed by atoms with E-state index >= 15 is 4.39 Å². The van der Waals surface area contributed by atoms with E-state index < -0.39 is 11.6 Å². The van der Waals surface area contributed by atoms with Gasteiger partial charge in [0.2, 0.25) is 0 Å². The molecule has 0 saturated carbocycles. The van der Waals surface area contributed by atoms with Gasteiger partial charge in [-0.15, -0.1) is 11.3 Å². The number of nitriles is 1. The molecular formula is C28H38FN5O3S. The third kappa shape index (κ3) is 7.92. The molecular weight excluding hydrogens is 505 g/mol. The van der Waals surface area contributed by atoms with Crippen LogP contribution in [-0.4, -0.2) is 71.6 Å². The number of piperazine rings is 1. The van der Waals surface area contributed by atoms with Crippen LogP contribution in [0, 0.1) is 23.2 Å². The molecule has 1 saturated heterocycles. The summed E-state index contributed by atoms with van der Waals surface area (Å²) in [5.41, 5.74) is 2.33. The third-order valence-corrected chi connectivity index (χ3v) is 7.00. The van der Waals surface area contributed by atoms with Gasteiger partial charge in [-0.3, -0.25) is 14.6 Å². The zero-order valence-corrected chi connectivity index (χ0v) is 23.9. The third-order valence-electron chi connectivity index (χ3n) is 6.26. The van der Waals surface area contributed by atoms with E-state index in [0.717, 1.165) is 16.2 Å². The molecule has 1 N–H and O–H groups in total. The fourth-order valence-electron chi connectivity index (χ4n) is 4.30. The Kier molecular flexibility index (Phi) is 9.74. The lowest BCUT2D eigenvalue weighted by Crippen LogP contribution is -2.49. The summed E-state index contributed by atoms with van der Waals surface area (Å²) in [4.78, 5) is 29.9. The number of carbonyl (C=O) groups is 2. The minimum atomic E-state index is -0.559. The average Bonchev–Trinajstić information content (AvgIpc) is 3.31. The van der Waals surface area contributed by atoms with E-state index in [-0.39, 0.29) is 23.7 Å². The van der Waals surface area contributed by atoms with Gasteiger partial charge >= 0.3 is 6.09 Å². The number of rotatable bonds is 8. The lowest BCUT2D eigenvalue weighted by molar-refractivity contribution is -0.128. The first-order chi connectivity index (χ1) is 17.9. The van der Waals surface area contributed by atoms with Gasteiger partial charge in [-0.05, 0) is 44.7 Å². The molecule has 0 spiro atoms. The van der Waals surface area contributed by atoms with Gasteiger partial charge in [0.05, 0.1) is 5.69 Å². The van der Waals surface area contributed by atoms with Crippen LogP contribution in [0.2, 0.25) is 0 Å². The maximum atomic E-state index is 15.2. The Labute approximate surface area is 229 Å². The van der Waals surface area contributed by atoms with E-state index in [9.17, 15) is 9.59 Å². The van der Waals surface area contributed by atoms with Crippen molar-refractivity contribution in [3.63, 3.8) is 0 Å². The summed E-state index contributed by atoms with van der Waals surface area (Å²) in [7, 11) is 1.46. The minimum absolute atomic E-state index is 0.244. The molecule has 206 valence electrons. The molecule has 2 aromatic rings. The molecule has 2 amide bonds. The van der Waals surface area contributed by atoms with Crippen LogP contribution in [0.1, 0.15) is 46.6 Å². The number of hydrogen-bond donors (Lipinski definition) is 1. The largest absolute Gasteiger partial charge is 0.444 e. The molecule has 1 fully saturated rings. The first kappa shape index (κ1) is 29.4. The second kappa shape index (κ2) is 12.6. The highest BCUT2D eigenvalue weighted by molar-refractivity contribution is 7.08. The molecule has 1 aromatic heterocycles. The number of nitrogens with one attached hydrogen (secondary N) is 1. The van der Waals surface area contributed by atoms with Crippen molar-refractivity contribution in [1.29, 1.82) is 5.26 Å². The van der Waals surface area contributed by atoms with Crippen molar-refractivity contribution in [3.05, 3.63) is 40.3 Å². The predicted molar refractivity (Wildman–Crippen MR) is 148 cm³/mol. The summed E-state index contributed by atoms with van der Waals surface area (Å²) in [5.74, 6) is -0.353. The Morgan fingerprint density at radius 1 is 1.21 bits per heavy atom. The molecule has 1 aliphatic heterocycles. The number of anilines is 1. The summed E-state index contributed by atoms with van der Waals surface area (Å²) in [6.07, 6.45) is 2.12. The summed E-state index contributed by atoms with van der Waals surface area (Å²) in [6.45, 7) is 12.4. The van der Waals surface area contributed by atoms with Crippen molar-refractivity contribution in [3.8, 4) is 17.3 Å². The zero-order valence-electron chi connectivity index (χ0n) is 23.1. The van der Waals surface area contributed by atoms with Crippen LogP contribution in [0.3, 0.4) is 0 Å². The summed E-state index contributed by atoms with van der Waals surface area (Å²) in [5, 5.41) is 16.3. The maximum Gasteiger partial charge on any atom is 0.410 e. The number of thiophene rings is 1. The van der Waals surface area contributed by atoms with Crippen molar-refractivity contribution in [1.82, 2.24) is 14.7 Å². The van der Waals surface area contributed by atoms with Gasteiger partial charge < -0.3 is 15.0 Å². The van der Waals surface area contributed by atoms with Gasteiger partial charge in [-0.1, -0.05) is 26.0 Å². The first-order valence-corrected chi connectivity index (χ1v) is 13.8. The molecule has 0 bridgehead atoms. The van der Waals surface area contributed by atoms with Crippen LogP contribution in [0.4, 0.5) is 14.9 Å². The minimum Gasteiger partial charge on any atom is -0.444 e. The smallest absolute Gasteiger partial charge is 0.410 e. The highest BCUT2D eigenvalue weighted by Gasteiger charge is 2.27. The van der Waals surface area contributed by atoms with Gasteiger partial charge in [0, 0.05) is 61.7 Å². The molecule has 1 unspecified atom stereocenters. The Morgan fingerprint density at radius 2 is 1.89 bits per heavy atom. The van der Waals surface area contributed by atoms with Crippen LogP contribution >= 0.6 is 11.3 Å². The van der Waals surface area contributed by atoms with Crippen LogP contribution in [-0.2, 0) is 16.1 Å². The van der Waals surface area contributed by atoms with E-state index in [1.54, 1.807) is 11.0 Å². The van der Waals surface area contributed by atoms with Crippen molar-refractivity contribution < 1.29 is 18.7 Å². The van der Waals surface area contributed by atoms with E-state index in [0.29, 0.717) is 50.3 Å². The van der Waals surface area contributed by atoms with Crippen molar-refractivity contribution in [2.45, 2.75) is 59.2 Å². The van der Waals surface area contributed by atoms with Gasteiger partial charge in [-0.2, -0.15) is 5.26 Å². The van der Waals surface area contributed by atoms with E-state index in [1.807, 2.05) is 57.6 Å². The normalized spacial score (nSPS) is 15.2. The number of ether oxygens (including phenoxy) is 1. The zero-order chi connectivity index (χ0) is 28.0. The molecule has 1 aromatic carbocycles. The molecule has 2 heterocycles. The fourth-order valence-corrected chi connectivity index (χ4v) is 5.09. The van der Waals surface area contributed by atoms with E-state index in [4.69, 9.17) is 10.00 Å². The number of benzene rings is 1. The van der Waals surface area contributed by atoms with Crippen molar-refractivity contribution in [2.24, 2.45) is 5.92 Å². The van der Waals surface area contributed by atoms with E-state index in [1.165, 1.54) is 24.5 Å². The van der Waals surface area contributed by atoms with Crippen molar-refractivity contribution >= 4 is 29.0 Å². The van der Waals surface area contributed by atoms with Crippen molar-refractivity contribution in [2.75, 3.05) is 38.5 Å². The SMILES string of the molecule is CC(C)CC(Nc1cscc1-c1ccc(CN2CCN(C(=O)OC(C)(C)C)CC2)c(F)c1)C(=O)N(C)C#N. The Bertz CT molecular complexity index is 1160. The summed E-state index contributed by atoms with van der Waals surface area (Å²) < 4.78 is 20.7. The predicted octanol–water partition coefficient (Wildman–Crippen LogP) is 5.37. The van der Waals surface area contributed by atoms with Gasteiger partial charge in [0.1, 0.15) is 17.5 Å². The molecule has 3 rings (SSSR count). The molecule has 1 aliphatic rings. The molecule has 38 heavy (non-hydrogen) atoms. The number of likely N-dealkylation sites (N-methyl/N-ethyl adjacent to an activating group) is 1. The number of amides is 2. The standard InChI is InChI=1S/C28H38FN5O3S/c1-19(2)13-24(26(35)32(6)18-30)31-25-17-38-16-22(25)20-7-8-21(23(29)14-20)15-33-9-11-34(12-10-33)27(36)37-28(3,4)5/h7-8,14,16-17,19,24,31H,9-13,15H2,1-6H3. The average molecular weight is 544 g/mol. The highest BCUT2D eigenvalue weighted by Crippen LogP contribution is 2.34. The monoisotopic (exact) mass is 543 g/mol. The van der Waals surface area contributed by atoms with Crippen LogP contribution in [0.5, 0.6) is 0 Å². The van der Waals surface area contributed by atoms with Gasteiger partial charge in [-0.25, -0.2) is 9.18 Å². The van der Waals surface area contributed by atoms with Crippen LogP contribution in [0.25, 0.3) is 11.1 Å². The maximum absolute atomic E-state index is 15.2. The number of carbonyl (C=O) groups excluding carboxylic acids is 2. The second-order valence-electron chi connectivity index (χ2n) is 11.1. The lowest BCUT2D eigenvalue weighted by Gasteiger charge is -2.35. The number of nitrogens with zero attached hydrogens (tertiary/aromatic N) is 4. The Morgan fingerprint density at radius 3 is 2.47 bits per heavy atom. The molecule has 0 aliphatic carbocycles. The quantitative estimate of drug-likeness (QED) is 0.356. The lowest BCUT2D eigenvalue weighted by atomic mass is 10.0. The van der Waals surface area contributed by atoms with Gasteiger partial charge in [0.25, 0.3) is 5.91 Å². The van der Waals surface area contributed by atoms with Gasteiger partial charge in [0.15, 0.2) is 6.19 Å². The van der Waals surface area contributed by atoms with Crippen LogP contribution in [0.15, 0.2) is 29.0 Å². The number of halogens is 1. The van der Waals surface area contributed by atoms with E-state index in [2.05, 4.69) is 10.2 Å². The summed E-state index contributed by atoms with van der Waals surface area (Å²) in [6, 6.07) is 4.66. The Balaban J connectivity index is 1.67. The topological polar surface area (TPSA) is 88.9 Å². The molecule has 0 radical (unpaired) electrons. The number of hydrogen-bond acceptors (Lipinski definition) is 7.